The summed E-state index contributed by atoms with van der Waals surface area (Å²) in [7, 11) is 0. The summed E-state index contributed by atoms with van der Waals surface area (Å²) in [5, 5.41) is 17.3. The van der Waals surface area contributed by atoms with E-state index in [1.807, 2.05) is 0 Å². The first-order chi connectivity index (χ1) is 20.2. The molecule has 43 heavy (non-hydrogen) atoms. The second-order valence-electron chi connectivity index (χ2n) is 8.46. The van der Waals surface area contributed by atoms with Gasteiger partial charge in [-0.25, -0.2) is 29.0 Å². The van der Waals surface area contributed by atoms with Crippen molar-refractivity contribution in [1.29, 1.82) is 0 Å². The van der Waals surface area contributed by atoms with Gasteiger partial charge in [0.2, 0.25) is 11.9 Å². The molecule has 14 nitrogen and oxygen atoms in total. The summed E-state index contributed by atoms with van der Waals surface area (Å²) in [6, 6.07) is 8.56. The molecule has 1 amide bonds. The maximum absolute atomic E-state index is 13.9. The summed E-state index contributed by atoms with van der Waals surface area (Å²) in [5.74, 6) is -5.13. The molecule has 19 heteroatoms. The Hall–Kier alpha value is -5.03. The lowest BCUT2D eigenvalue weighted by molar-refractivity contribution is -0.221. The minimum absolute atomic E-state index is 0.0109. The normalized spacial score (nSPS) is 12.4. The van der Waals surface area contributed by atoms with Gasteiger partial charge >= 0.3 is 23.8 Å². The molecule has 0 spiro atoms. The molecule has 0 saturated carbocycles. The molecule has 1 atom stereocenters. The third kappa shape index (κ3) is 7.25. The van der Waals surface area contributed by atoms with Crippen molar-refractivity contribution in [3.63, 3.8) is 0 Å². The van der Waals surface area contributed by atoms with E-state index >= 15 is 0 Å². The smallest absolute Gasteiger partial charge is 0.427 e. The number of pyridine rings is 1. The molecule has 0 fully saturated rings. The Balaban J connectivity index is 1.77. The molecule has 224 valence electrons. The summed E-state index contributed by atoms with van der Waals surface area (Å²) in [5.41, 5.74) is 4.47. The number of amides is 1. The van der Waals surface area contributed by atoms with Crippen LogP contribution >= 0.6 is 23.2 Å². The molecule has 0 aliphatic heterocycles. The van der Waals surface area contributed by atoms with Crippen molar-refractivity contribution < 1.29 is 37.4 Å². The second kappa shape index (κ2) is 12.5. The molecular weight excluding hydrogens is 624 g/mol. The number of nitrogens with zero attached hydrogens (tertiary/aromatic N) is 7. The number of rotatable bonds is 10. The molecule has 4 aromatic rings. The van der Waals surface area contributed by atoms with Gasteiger partial charge in [-0.3, -0.25) is 9.36 Å². The third-order valence-corrected chi connectivity index (χ3v) is 6.01. The highest BCUT2D eigenvalue weighted by Crippen LogP contribution is 2.27. The van der Waals surface area contributed by atoms with Crippen LogP contribution in [0.15, 0.2) is 59.5 Å². The first kappa shape index (κ1) is 30.9. The van der Waals surface area contributed by atoms with Gasteiger partial charge in [0.15, 0.2) is 17.5 Å². The predicted molar refractivity (Wildman–Crippen MR) is 141 cm³/mol. The van der Waals surface area contributed by atoms with Gasteiger partial charge in [-0.1, -0.05) is 23.2 Å². The first-order valence-electron chi connectivity index (χ1n) is 11.7. The highest BCUT2D eigenvalue weighted by Gasteiger charge is 2.44. The molecular formula is C24H17Cl2F3N8O6. The van der Waals surface area contributed by atoms with Crippen LogP contribution in [-0.2, 0) is 27.4 Å². The number of carbonyl (C=O) groups excluding carboxylic acids is 2. The van der Waals surface area contributed by atoms with Gasteiger partial charge in [-0.05, 0) is 36.4 Å². The number of primary amides is 1. The van der Waals surface area contributed by atoms with E-state index in [1.54, 1.807) is 0 Å². The molecule has 1 aromatic carbocycles. The van der Waals surface area contributed by atoms with Crippen molar-refractivity contribution in [1.82, 2.24) is 34.1 Å². The Labute approximate surface area is 247 Å². The Bertz CT molecular complexity index is 1780. The zero-order valence-electron chi connectivity index (χ0n) is 21.3. The monoisotopic (exact) mass is 640 g/mol. The van der Waals surface area contributed by atoms with Gasteiger partial charge in [-0.2, -0.15) is 17.9 Å². The molecule has 0 saturated heterocycles. The van der Waals surface area contributed by atoms with E-state index in [0.29, 0.717) is 21.4 Å². The quantitative estimate of drug-likeness (QED) is 0.192. The van der Waals surface area contributed by atoms with Crippen LogP contribution < -0.4 is 11.4 Å². The number of halogens is 5. The predicted octanol–water partition coefficient (Wildman–Crippen LogP) is 2.26. The molecule has 0 unspecified atom stereocenters. The Morgan fingerprint density at radius 1 is 1.09 bits per heavy atom. The van der Waals surface area contributed by atoms with E-state index in [0.717, 1.165) is 4.68 Å². The van der Waals surface area contributed by atoms with E-state index in [1.165, 1.54) is 42.6 Å². The number of nitrogens with two attached hydrogens (primary N) is 1. The average molecular weight is 641 g/mol. The number of ether oxygens (including phenoxy) is 1. The number of esters is 1. The number of alkyl halides is 3. The van der Waals surface area contributed by atoms with Gasteiger partial charge in [0.1, 0.15) is 6.54 Å². The highest BCUT2D eigenvalue weighted by atomic mass is 35.5. The fourth-order valence-electron chi connectivity index (χ4n) is 3.61. The Morgan fingerprint density at radius 3 is 2.40 bits per heavy atom. The number of hydrogen-bond acceptors (Lipinski definition) is 9. The van der Waals surface area contributed by atoms with Crippen LogP contribution in [0.25, 0.3) is 17.2 Å². The molecule has 0 aliphatic carbocycles. The third-order valence-electron chi connectivity index (χ3n) is 5.46. The van der Waals surface area contributed by atoms with E-state index in [2.05, 4.69) is 24.9 Å². The summed E-state index contributed by atoms with van der Waals surface area (Å²) in [6.07, 6.45) is -6.11. The van der Waals surface area contributed by atoms with E-state index in [4.69, 9.17) is 34.0 Å². The molecule has 3 aromatic heterocycles. The molecule has 3 heterocycles. The maximum Gasteiger partial charge on any atom is 0.427 e. The largest absolute Gasteiger partial charge is 0.478 e. The van der Waals surface area contributed by atoms with Gasteiger partial charge in [-0.15, -0.1) is 10.2 Å². The van der Waals surface area contributed by atoms with Crippen molar-refractivity contribution in [3.8, 4) is 17.2 Å². The molecule has 3 N–H and O–H groups in total. The van der Waals surface area contributed by atoms with Gasteiger partial charge < -0.3 is 15.6 Å². The maximum atomic E-state index is 13.9. The van der Waals surface area contributed by atoms with Crippen LogP contribution in [-0.4, -0.2) is 69.3 Å². The standard InChI is InChI=1S/C24H17Cl2F3N8O6/c25-13-5-3-12(4-6-13)20-34-36(11-16-32-22(19(30)41)37(33-16)21-14(26)2-1-9-31-21)23(42)35(20)10-15(24(27,28)29)43-18(40)8-7-17(38)39/h1-9,15H,10-11H2,(H2,30,41)(H,38,39)/b8-7+/t15-/m0/s1. The minimum atomic E-state index is -5.18. The lowest BCUT2D eigenvalue weighted by Crippen LogP contribution is -2.40. The fourth-order valence-corrected chi connectivity index (χ4v) is 3.94. The van der Waals surface area contributed by atoms with Crippen LogP contribution in [0.2, 0.25) is 10.0 Å². The lowest BCUT2D eigenvalue weighted by atomic mass is 10.2. The van der Waals surface area contributed by atoms with Crippen LogP contribution in [0.1, 0.15) is 16.4 Å². The molecule has 0 aliphatic rings. The van der Waals surface area contributed by atoms with E-state index in [9.17, 15) is 32.3 Å². The Kier molecular flexibility index (Phi) is 8.96. The first-order valence-corrected chi connectivity index (χ1v) is 12.5. The zero-order valence-corrected chi connectivity index (χ0v) is 22.8. The number of carboxylic acids is 1. The van der Waals surface area contributed by atoms with Crippen molar-refractivity contribution >= 4 is 41.0 Å². The molecule has 0 bridgehead atoms. The topological polar surface area (TPSA) is 190 Å². The van der Waals surface area contributed by atoms with Gasteiger partial charge in [0, 0.05) is 28.9 Å². The molecule has 4 rings (SSSR count). The summed E-state index contributed by atoms with van der Waals surface area (Å²) in [6.45, 7) is -1.81. The summed E-state index contributed by atoms with van der Waals surface area (Å²) < 4.78 is 48.4. The van der Waals surface area contributed by atoms with E-state index in [-0.39, 0.29) is 33.1 Å². The number of hydrogen-bond donors (Lipinski definition) is 2. The SMILES string of the molecule is NC(=O)c1nc(Cn2nc(-c3ccc(Cl)cc3)n(C[C@H](OC(=O)/C=C/C(=O)O)C(F)(F)F)c2=O)nn1-c1ncccc1Cl. The lowest BCUT2D eigenvalue weighted by Gasteiger charge is -2.20. The van der Waals surface area contributed by atoms with E-state index < -0.39 is 54.7 Å². The fraction of sp³-hybridized carbons (Fsp3) is 0.167. The second-order valence-corrected chi connectivity index (χ2v) is 9.30. The van der Waals surface area contributed by atoms with Crippen LogP contribution in [0, 0.1) is 0 Å². The number of carboxylic acid groups (broad SMARTS) is 1. The van der Waals surface area contributed by atoms with Crippen LogP contribution in [0.4, 0.5) is 13.2 Å². The zero-order chi connectivity index (χ0) is 31.5. The summed E-state index contributed by atoms with van der Waals surface area (Å²) >= 11 is 12.1. The van der Waals surface area contributed by atoms with Crippen molar-refractivity contribution in [2.45, 2.75) is 25.4 Å². The summed E-state index contributed by atoms with van der Waals surface area (Å²) in [4.78, 5) is 56.0. The number of carbonyl (C=O) groups is 3. The van der Waals surface area contributed by atoms with Gasteiger partial charge in [0.05, 0.1) is 11.6 Å². The minimum Gasteiger partial charge on any atom is -0.478 e. The van der Waals surface area contributed by atoms with Crippen LogP contribution in [0.3, 0.4) is 0 Å². The van der Waals surface area contributed by atoms with Crippen molar-refractivity contribution in [2.75, 3.05) is 0 Å². The average Bonchev–Trinajstić information content (AvgIpc) is 3.49. The highest BCUT2D eigenvalue weighted by molar-refractivity contribution is 6.32. The molecule has 0 radical (unpaired) electrons. The van der Waals surface area contributed by atoms with Crippen molar-refractivity contribution in [2.24, 2.45) is 5.73 Å². The number of benzene rings is 1. The van der Waals surface area contributed by atoms with Gasteiger partial charge in [0.25, 0.3) is 5.91 Å². The Morgan fingerprint density at radius 2 is 1.79 bits per heavy atom. The number of aliphatic carboxylic acids is 1. The van der Waals surface area contributed by atoms with Crippen LogP contribution in [0.5, 0.6) is 0 Å². The van der Waals surface area contributed by atoms with Crippen molar-refractivity contribution in [3.05, 3.63) is 86.9 Å². The number of aromatic nitrogens is 7.